The number of rotatable bonds is 6. The molecule has 0 saturated carbocycles. The average molecular weight is 451 g/mol. The largest absolute Gasteiger partial charge is 0.388 e. The molecule has 4 rings (SSSR count). The number of carbonyl (C=O) groups excluding carboxylic acids is 1. The highest BCUT2D eigenvalue weighted by Gasteiger charge is 2.28. The molecule has 1 aliphatic heterocycles. The molecule has 32 heavy (non-hydrogen) atoms. The van der Waals surface area contributed by atoms with Gasteiger partial charge in [0.25, 0.3) is 15.9 Å². The first-order valence-electron chi connectivity index (χ1n) is 10.6. The summed E-state index contributed by atoms with van der Waals surface area (Å²) in [6.45, 7) is 1.10. The second kappa shape index (κ2) is 9.54. The summed E-state index contributed by atoms with van der Waals surface area (Å²) in [5.74, 6) is -0.0381. The maximum Gasteiger partial charge on any atom is 0.261 e. The summed E-state index contributed by atoms with van der Waals surface area (Å²) in [5, 5.41) is 10.7. The standard InChI is InChI=1S/C25H26N2O4S/c28-24(19-8-3-1-4-9-19)20-14-16-27(17-15-20)25(29)21-10-7-11-22(18-21)26-32(30,31)23-12-5-2-6-13-23/h1-13,18,20,24,26,28H,14-17H2/t24-/m0/s1. The van der Waals surface area contributed by atoms with Gasteiger partial charge in [0.15, 0.2) is 0 Å². The van der Waals surface area contributed by atoms with Crippen LogP contribution in [0.15, 0.2) is 89.8 Å². The van der Waals surface area contributed by atoms with Crippen molar-refractivity contribution >= 4 is 21.6 Å². The lowest BCUT2D eigenvalue weighted by atomic mass is 9.87. The van der Waals surface area contributed by atoms with Gasteiger partial charge in [-0.05, 0) is 54.7 Å². The molecule has 0 unspecified atom stereocenters. The van der Waals surface area contributed by atoms with Crippen molar-refractivity contribution in [1.29, 1.82) is 0 Å². The van der Waals surface area contributed by atoms with Gasteiger partial charge in [0.2, 0.25) is 0 Å². The van der Waals surface area contributed by atoms with Gasteiger partial charge in [-0.2, -0.15) is 0 Å². The van der Waals surface area contributed by atoms with Crippen LogP contribution >= 0.6 is 0 Å². The maximum absolute atomic E-state index is 13.0. The van der Waals surface area contributed by atoms with Crippen LogP contribution in [-0.4, -0.2) is 37.4 Å². The van der Waals surface area contributed by atoms with E-state index in [1.807, 2.05) is 30.3 Å². The number of nitrogens with one attached hydrogen (secondary N) is 1. The highest BCUT2D eigenvalue weighted by molar-refractivity contribution is 7.92. The van der Waals surface area contributed by atoms with Crippen molar-refractivity contribution in [3.63, 3.8) is 0 Å². The maximum atomic E-state index is 13.0. The molecule has 7 heteroatoms. The minimum absolute atomic E-state index is 0.102. The number of sulfonamides is 1. The number of hydrogen-bond acceptors (Lipinski definition) is 4. The molecule has 0 radical (unpaired) electrons. The van der Waals surface area contributed by atoms with E-state index in [0.29, 0.717) is 37.2 Å². The lowest BCUT2D eigenvalue weighted by Gasteiger charge is -2.34. The number of benzene rings is 3. The van der Waals surface area contributed by atoms with Gasteiger partial charge >= 0.3 is 0 Å². The number of anilines is 1. The van der Waals surface area contributed by atoms with Gasteiger partial charge in [-0.25, -0.2) is 8.42 Å². The molecule has 0 aliphatic carbocycles. The number of likely N-dealkylation sites (tertiary alicyclic amines) is 1. The minimum Gasteiger partial charge on any atom is -0.388 e. The molecule has 1 saturated heterocycles. The van der Waals surface area contributed by atoms with E-state index < -0.39 is 16.1 Å². The van der Waals surface area contributed by atoms with Crippen molar-refractivity contribution < 1.29 is 18.3 Å². The first kappa shape index (κ1) is 22.0. The second-order valence-electron chi connectivity index (χ2n) is 7.98. The lowest BCUT2D eigenvalue weighted by Crippen LogP contribution is -2.39. The van der Waals surface area contributed by atoms with Crippen molar-refractivity contribution in [3.05, 3.63) is 96.1 Å². The molecule has 3 aromatic carbocycles. The first-order valence-corrected chi connectivity index (χ1v) is 12.1. The Morgan fingerprint density at radius 3 is 2.19 bits per heavy atom. The van der Waals surface area contributed by atoms with Crippen LogP contribution in [0.2, 0.25) is 0 Å². The van der Waals surface area contributed by atoms with Crippen molar-refractivity contribution in [3.8, 4) is 0 Å². The van der Waals surface area contributed by atoms with Crippen LogP contribution in [0.25, 0.3) is 0 Å². The number of amides is 1. The molecule has 3 aromatic rings. The van der Waals surface area contributed by atoms with Gasteiger partial charge in [0.1, 0.15) is 0 Å². The van der Waals surface area contributed by atoms with E-state index in [2.05, 4.69) is 4.72 Å². The average Bonchev–Trinajstić information content (AvgIpc) is 2.84. The van der Waals surface area contributed by atoms with Crippen LogP contribution in [0.3, 0.4) is 0 Å². The van der Waals surface area contributed by atoms with E-state index in [4.69, 9.17) is 0 Å². The molecule has 1 fully saturated rings. The van der Waals surface area contributed by atoms with Crippen LogP contribution < -0.4 is 4.72 Å². The summed E-state index contributed by atoms with van der Waals surface area (Å²) in [7, 11) is -3.73. The molecule has 1 amide bonds. The van der Waals surface area contributed by atoms with Gasteiger partial charge in [-0.3, -0.25) is 9.52 Å². The highest BCUT2D eigenvalue weighted by atomic mass is 32.2. The molecule has 1 atom stereocenters. The molecule has 166 valence electrons. The fourth-order valence-electron chi connectivity index (χ4n) is 4.05. The smallest absolute Gasteiger partial charge is 0.261 e. The van der Waals surface area contributed by atoms with Crippen LogP contribution in [0.4, 0.5) is 5.69 Å². The number of hydrogen-bond donors (Lipinski definition) is 2. The molecule has 0 aromatic heterocycles. The van der Waals surface area contributed by atoms with E-state index in [0.717, 1.165) is 5.56 Å². The van der Waals surface area contributed by atoms with Gasteiger partial charge in [-0.15, -0.1) is 0 Å². The zero-order chi connectivity index (χ0) is 22.6. The number of aliphatic hydroxyl groups excluding tert-OH is 1. The van der Waals surface area contributed by atoms with E-state index in [1.165, 1.54) is 12.1 Å². The Morgan fingerprint density at radius 2 is 1.53 bits per heavy atom. The monoisotopic (exact) mass is 450 g/mol. The summed E-state index contributed by atoms with van der Waals surface area (Å²) in [4.78, 5) is 14.9. The SMILES string of the molecule is O=C(c1cccc(NS(=O)(=O)c2ccccc2)c1)N1CCC([C@@H](O)c2ccccc2)CC1. The van der Waals surface area contributed by atoms with Crippen molar-refractivity contribution in [1.82, 2.24) is 4.90 Å². The van der Waals surface area contributed by atoms with Gasteiger partial charge < -0.3 is 10.0 Å². The predicted octanol–water partition coefficient (Wildman–Crippen LogP) is 4.07. The summed E-state index contributed by atoms with van der Waals surface area (Å²) in [5.41, 5.74) is 1.67. The van der Waals surface area contributed by atoms with E-state index in [9.17, 15) is 18.3 Å². The predicted molar refractivity (Wildman–Crippen MR) is 124 cm³/mol. The molecular weight excluding hydrogens is 424 g/mol. The molecule has 2 N–H and O–H groups in total. The Kier molecular flexibility index (Phi) is 6.58. The van der Waals surface area contributed by atoms with Crippen molar-refractivity contribution in [2.45, 2.75) is 23.8 Å². The number of aliphatic hydroxyl groups is 1. The van der Waals surface area contributed by atoms with Crippen LogP contribution in [0.1, 0.15) is 34.9 Å². The molecule has 6 nitrogen and oxygen atoms in total. The summed E-state index contributed by atoms with van der Waals surface area (Å²) < 4.78 is 27.7. The Hall–Kier alpha value is -3.16. The summed E-state index contributed by atoms with van der Waals surface area (Å²) in [6.07, 6.45) is 0.883. The van der Waals surface area contributed by atoms with Gasteiger partial charge in [0, 0.05) is 24.3 Å². The second-order valence-corrected chi connectivity index (χ2v) is 9.67. The number of nitrogens with zero attached hydrogens (tertiary/aromatic N) is 1. The van der Waals surface area contributed by atoms with Gasteiger partial charge in [0.05, 0.1) is 11.0 Å². The number of carbonyl (C=O) groups is 1. The van der Waals surface area contributed by atoms with Gasteiger partial charge in [-0.1, -0.05) is 54.6 Å². The number of piperidine rings is 1. The van der Waals surface area contributed by atoms with Crippen LogP contribution in [0.5, 0.6) is 0 Å². The minimum atomic E-state index is -3.73. The third-order valence-corrected chi connectivity index (χ3v) is 7.23. The Labute approximate surface area is 188 Å². The highest BCUT2D eigenvalue weighted by Crippen LogP contribution is 2.31. The quantitative estimate of drug-likeness (QED) is 0.593. The molecule has 0 bridgehead atoms. The van der Waals surface area contributed by atoms with Crippen LogP contribution in [-0.2, 0) is 10.0 Å². The summed E-state index contributed by atoms with van der Waals surface area (Å²) >= 11 is 0. The van der Waals surface area contributed by atoms with Crippen molar-refractivity contribution in [2.75, 3.05) is 17.8 Å². The van der Waals surface area contributed by atoms with E-state index >= 15 is 0 Å². The van der Waals surface area contributed by atoms with E-state index in [1.54, 1.807) is 47.4 Å². The lowest BCUT2D eigenvalue weighted by molar-refractivity contribution is 0.0462. The fourth-order valence-corrected chi connectivity index (χ4v) is 5.12. The normalized spacial score (nSPS) is 15.8. The summed E-state index contributed by atoms with van der Waals surface area (Å²) in [6, 6.07) is 24.2. The Balaban J connectivity index is 1.40. The Morgan fingerprint density at radius 1 is 0.906 bits per heavy atom. The molecule has 1 aliphatic rings. The third-order valence-electron chi connectivity index (χ3n) is 5.83. The fraction of sp³-hybridized carbons (Fsp3) is 0.240. The molecular formula is C25H26N2O4S. The Bertz CT molecular complexity index is 1160. The van der Waals surface area contributed by atoms with Crippen LogP contribution in [0, 0.1) is 5.92 Å². The molecule has 1 heterocycles. The topological polar surface area (TPSA) is 86.7 Å². The third kappa shape index (κ3) is 5.00. The zero-order valence-corrected chi connectivity index (χ0v) is 18.4. The molecule has 0 spiro atoms. The zero-order valence-electron chi connectivity index (χ0n) is 17.6. The van der Waals surface area contributed by atoms with Crippen molar-refractivity contribution in [2.24, 2.45) is 5.92 Å². The van der Waals surface area contributed by atoms with E-state index in [-0.39, 0.29) is 16.7 Å². The first-order chi connectivity index (χ1) is 15.4.